The zero-order chi connectivity index (χ0) is 12.8. The Bertz CT molecular complexity index is 686. The number of nitrogens with two attached hydrogens (primary N) is 1. The number of nitrogens with zero attached hydrogens (tertiary/aromatic N) is 2. The maximum Gasteiger partial charge on any atom is 0.196 e. The fourth-order valence-corrected chi connectivity index (χ4v) is 3.86. The summed E-state index contributed by atoms with van der Waals surface area (Å²) in [6.45, 7) is 0.734. The predicted molar refractivity (Wildman–Crippen MR) is 89.0 cm³/mol. The van der Waals surface area contributed by atoms with Crippen LogP contribution in [0.3, 0.4) is 0 Å². The van der Waals surface area contributed by atoms with Gasteiger partial charge in [0, 0.05) is 9.79 Å². The monoisotopic (exact) mass is 347 g/mol. The molecule has 1 unspecified atom stereocenters. The second kappa shape index (κ2) is 5.14. The molecule has 0 saturated heterocycles. The van der Waals surface area contributed by atoms with Crippen LogP contribution in [0.25, 0.3) is 0 Å². The van der Waals surface area contributed by atoms with Crippen LogP contribution in [-0.2, 0) is 0 Å². The number of benzene rings is 2. The highest BCUT2D eigenvalue weighted by Gasteiger charge is 2.34. The van der Waals surface area contributed by atoms with E-state index >= 15 is 0 Å². The van der Waals surface area contributed by atoms with Crippen LogP contribution >= 0.6 is 28.7 Å². The number of anilines is 1. The molecule has 0 aliphatic carbocycles. The van der Waals surface area contributed by atoms with Gasteiger partial charge in [0.15, 0.2) is 5.96 Å². The van der Waals surface area contributed by atoms with Crippen LogP contribution in [0.5, 0.6) is 0 Å². The van der Waals surface area contributed by atoms with Crippen molar-refractivity contribution < 1.29 is 0 Å². The Labute approximate surface area is 132 Å². The van der Waals surface area contributed by atoms with E-state index < -0.39 is 0 Å². The van der Waals surface area contributed by atoms with Crippen molar-refractivity contribution in [2.75, 3.05) is 11.4 Å². The third-order valence-corrected chi connectivity index (χ3v) is 4.76. The van der Waals surface area contributed by atoms with Gasteiger partial charge in [-0.2, -0.15) is 0 Å². The second-order valence-electron chi connectivity index (χ2n) is 4.69. The van der Waals surface area contributed by atoms with Gasteiger partial charge in [-0.05, 0) is 23.8 Å². The molecule has 5 heteroatoms. The van der Waals surface area contributed by atoms with E-state index in [2.05, 4.69) is 58.4 Å². The summed E-state index contributed by atoms with van der Waals surface area (Å²) < 4.78 is 0. The van der Waals surface area contributed by atoms with Crippen molar-refractivity contribution in [2.45, 2.75) is 15.8 Å². The van der Waals surface area contributed by atoms with Crippen LogP contribution in [0, 0.1) is 0 Å². The quantitative estimate of drug-likeness (QED) is 0.791. The summed E-state index contributed by atoms with van der Waals surface area (Å²) in [7, 11) is 0. The Kier molecular flexibility index (Phi) is 3.48. The first-order valence-electron chi connectivity index (χ1n) is 6.29. The molecule has 2 aliphatic heterocycles. The van der Waals surface area contributed by atoms with Gasteiger partial charge < -0.3 is 10.6 Å². The summed E-state index contributed by atoms with van der Waals surface area (Å²) in [6, 6.07) is 17.1. The maximum absolute atomic E-state index is 6.10. The molecule has 0 aromatic heterocycles. The van der Waals surface area contributed by atoms with Gasteiger partial charge in [-0.3, -0.25) is 4.99 Å². The molecule has 1 atom stereocenters. The molecule has 0 fully saturated rings. The summed E-state index contributed by atoms with van der Waals surface area (Å²) in [5, 5.41) is 0. The van der Waals surface area contributed by atoms with Crippen LogP contribution in [0.15, 0.2) is 63.3 Å². The number of hydrogen-bond donors (Lipinski definition) is 1. The van der Waals surface area contributed by atoms with Gasteiger partial charge in [0.25, 0.3) is 0 Å². The fraction of sp³-hybridized carbons (Fsp3) is 0.133. The van der Waals surface area contributed by atoms with Crippen molar-refractivity contribution >= 4 is 40.4 Å². The standard InChI is InChI=1S/C15H13N3S.BrH/c16-15-17-9-12-10-5-1-3-7-13(10)19-14-8-4-2-6-11(14)18(12)15;/h1-8,12H,9H2,(H2,16,17);1H. The van der Waals surface area contributed by atoms with Crippen molar-refractivity contribution in [2.24, 2.45) is 10.7 Å². The Hall–Kier alpha value is -1.46. The molecule has 0 saturated carbocycles. The number of hydrogen-bond acceptors (Lipinski definition) is 4. The molecular formula is C15H14BrN3S. The van der Waals surface area contributed by atoms with Crippen LogP contribution in [0.1, 0.15) is 11.6 Å². The molecule has 2 heterocycles. The smallest absolute Gasteiger partial charge is 0.196 e. The number of aliphatic imine (C=N–C) groups is 1. The summed E-state index contributed by atoms with van der Waals surface area (Å²) in [5.41, 5.74) is 8.57. The van der Waals surface area contributed by atoms with E-state index in [9.17, 15) is 0 Å². The lowest BCUT2D eigenvalue weighted by molar-refractivity contribution is 0.753. The Balaban J connectivity index is 0.00000121. The van der Waals surface area contributed by atoms with Crippen LogP contribution in [-0.4, -0.2) is 12.5 Å². The Morgan fingerprint density at radius 1 is 1.05 bits per heavy atom. The van der Waals surface area contributed by atoms with Gasteiger partial charge in [-0.1, -0.05) is 42.1 Å². The SMILES string of the molecule is Br.NC1=NCC2c3ccccc3Sc3ccccc3N12. The van der Waals surface area contributed by atoms with Gasteiger partial charge in [0.2, 0.25) is 0 Å². The van der Waals surface area contributed by atoms with E-state index in [1.807, 2.05) is 11.8 Å². The van der Waals surface area contributed by atoms with Gasteiger partial charge in [-0.25, -0.2) is 0 Å². The lowest BCUT2D eigenvalue weighted by Gasteiger charge is -2.25. The molecule has 0 radical (unpaired) electrons. The third-order valence-electron chi connectivity index (χ3n) is 3.61. The van der Waals surface area contributed by atoms with E-state index in [1.165, 1.54) is 15.4 Å². The number of guanidine groups is 1. The summed E-state index contributed by atoms with van der Waals surface area (Å²) in [6.07, 6.45) is 0. The first-order valence-corrected chi connectivity index (χ1v) is 7.11. The molecule has 20 heavy (non-hydrogen) atoms. The zero-order valence-electron chi connectivity index (χ0n) is 10.7. The minimum absolute atomic E-state index is 0. The average molecular weight is 348 g/mol. The molecule has 2 aromatic carbocycles. The van der Waals surface area contributed by atoms with Crippen molar-refractivity contribution in [3.05, 3.63) is 54.1 Å². The minimum atomic E-state index is 0. The Morgan fingerprint density at radius 2 is 1.75 bits per heavy atom. The van der Waals surface area contributed by atoms with E-state index in [0.717, 1.165) is 12.2 Å². The Morgan fingerprint density at radius 3 is 2.60 bits per heavy atom. The lowest BCUT2D eigenvalue weighted by Crippen LogP contribution is -2.36. The number of para-hydroxylation sites is 1. The summed E-state index contributed by atoms with van der Waals surface area (Å²) in [5.74, 6) is 0.620. The van der Waals surface area contributed by atoms with Gasteiger partial charge >= 0.3 is 0 Å². The molecule has 0 spiro atoms. The van der Waals surface area contributed by atoms with Crippen LogP contribution < -0.4 is 10.6 Å². The summed E-state index contributed by atoms with van der Waals surface area (Å²) in [4.78, 5) is 9.12. The van der Waals surface area contributed by atoms with Gasteiger partial charge in [-0.15, -0.1) is 17.0 Å². The molecular weight excluding hydrogens is 334 g/mol. The van der Waals surface area contributed by atoms with Crippen molar-refractivity contribution in [1.29, 1.82) is 0 Å². The normalized spacial score (nSPS) is 19.1. The summed E-state index contributed by atoms with van der Waals surface area (Å²) >= 11 is 1.81. The largest absolute Gasteiger partial charge is 0.369 e. The van der Waals surface area contributed by atoms with Crippen molar-refractivity contribution in [3.8, 4) is 0 Å². The van der Waals surface area contributed by atoms with E-state index in [1.54, 1.807) is 0 Å². The first kappa shape index (κ1) is 13.5. The average Bonchev–Trinajstić information content (AvgIpc) is 2.75. The topological polar surface area (TPSA) is 41.6 Å². The predicted octanol–water partition coefficient (Wildman–Crippen LogP) is 3.61. The van der Waals surface area contributed by atoms with E-state index in [0.29, 0.717) is 5.96 Å². The fourth-order valence-electron chi connectivity index (χ4n) is 2.74. The van der Waals surface area contributed by atoms with Crippen molar-refractivity contribution in [3.63, 3.8) is 0 Å². The highest BCUT2D eigenvalue weighted by molar-refractivity contribution is 8.93. The minimum Gasteiger partial charge on any atom is -0.369 e. The molecule has 2 aromatic rings. The molecule has 3 nitrogen and oxygen atoms in total. The number of halogens is 1. The first-order chi connectivity index (χ1) is 9.34. The van der Waals surface area contributed by atoms with Gasteiger partial charge in [0.05, 0.1) is 18.3 Å². The molecule has 2 aliphatic rings. The number of rotatable bonds is 0. The highest BCUT2D eigenvalue weighted by Crippen LogP contribution is 2.46. The molecule has 4 rings (SSSR count). The molecule has 2 N–H and O–H groups in total. The molecule has 102 valence electrons. The maximum atomic E-state index is 6.10. The molecule has 0 amide bonds. The molecule has 0 bridgehead atoms. The van der Waals surface area contributed by atoms with E-state index in [4.69, 9.17) is 5.73 Å². The van der Waals surface area contributed by atoms with E-state index in [-0.39, 0.29) is 23.0 Å². The highest BCUT2D eigenvalue weighted by atomic mass is 79.9. The zero-order valence-corrected chi connectivity index (χ0v) is 13.2. The van der Waals surface area contributed by atoms with Crippen LogP contribution in [0.4, 0.5) is 5.69 Å². The van der Waals surface area contributed by atoms with Crippen LogP contribution in [0.2, 0.25) is 0 Å². The van der Waals surface area contributed by atoms with Crippen molar-refractivity contribution in [1.82, 2.24) is 0 Å². The third kappa shape index (κ3) is 1.93. The lowest BCUT2D eigenvalue weighted by atomic mass is 10.1. The van der Waals surface area contributed by atoms with Gasteiger partial charge in [0.1, 0.15) is 0 Å². The second-order valence-corrected chi connectivity index (χ2v) is 5.78. The number of fused-ring (bicyclic) bond motifs is 5.